The summed E-state index contributed by atoms with van der Waals surface area (Å²) in [4.78, 5) is 29.0. The SMILES string of the molecule is Cc1nc2c(c(C)c1CC(=O)NCC1(O)CCCCC1)c(=O)[nH]n2C. The van der Waals surface area contributed by atoms with Gasteiger partial charge in [-0.15, -0.1) is 0 Å². The van der Waals surface area contributed by atoms with Crippen LogP contribution in [0.25, 0.3) is 11.0 Å². The smallest absolute Gasteiger partial charge is 0.273 e. The molecule has 0 aromatic carbocycles. The summed E-state index contributed by atoms with van der Waals surface area (Å²) in [6, 6.07) is 0. The van der Waals surface area contributed by atoms with Gasteiger partial charge in [0.05, 0.1) is 17.4 Å². The zero-order chi connectivity index (χ0) is 18.2. The van der Waals surface area contributed by atoms with Gasteiger partial charge >= 0.3 is 0 Å². The molecule has 1 aliphatic carbocycles. The molecule has 1 fully saturated rings. The van der Waals surface area contributed by atoms with Crippen LogP contribution in [0.15, 0.2) is 4.79 Å². The number of amides is 1. The average molecular weight is 346 g/mol. The van der Waals surface area contributed by atoms with Crippen molar-refractivity contribution >= 4 is 16.9 Å². The molecule has 1 saturated carbocycles. The largest absolute Gasteiger partial charge is 0.388 e. The van der Waals surface area contributed by atoms with Crippen LogP contribution < -0.4 is 10.9 Å². The number of aryl methyl sites for hydroxylation is 3. The molecular formula is C18H26N4O3. The lowest BCUT2D eigenvalue weighted by atomic mass is 9.85. The van der Waals surface area contributed by atoms with E-state index in [1.54, 1.807) is 11.7 Å². The van der Waals surface area contributed by atoms with Gasteiger partial charge in [0, 0.05) is 19.3 Å². The van der Waals surface area contributed by atoms with Crippen LogP contribution in [-0.2, 0) is 18.3 Å². The predicted octanol–water partition coefficient (Wildman–Crippen LogP) is 1.23. The molecule has 7 nitrogen and oxygen atoms in total. The van der Waals surface area contributed by atoms with Crippen molar-refractivity contribution in [2.24, 2.45) is 7.05 Å². The van der Waals surface area contributed by atoms with E-state index in [1.165, 1.54) is 0 Å². The summed E-state index contributed by atoms with van der Waals surface area (Å²) in [6.45, 7) is 3.98. The molecule has 0 spiro atoms. The molecule has 1 amide bonds. The summed E-state index contributed by atoms with van der Waals surface area (Å²) in [5.41, 5.74) is 1.93. The van der Waals surface area contributed by atoms with Gasteiger partial charge < -0.3 is 10.4 Å². The number of fused-ring (bicyclic) bond motifs is 1. The van der Waals surface area contributed by atoms with Crippen molar-refractivity contribution in [3.05, 3.63) is 27.2 Å². The minimum Gasteiger partial charge on any atom is -0.388 e. The number of hydrogen-bond acceptors (Lipinski definition) is 4. The van der Waals surface area contributed by atoms with E-state index in [0.717, 1.165) is 48.9 Å². The average Bonchev–Trinajstić information content (AvgIpc) is 2.84. The molecule has 0 radical (unpaired) electrons. The number of pyridine rings is 1. The number of aromatic nitrogens is 3. The highest BCUT2D eigenvalue weighted by Crippen LogP contribution is 2.27. The first kappa shape index (κ1) is 17.7. The Morgan fingerprint density at radius 1 is 1.32 bits per heavy atom. The topological polar surface area (TPSA) is 100 Å². The van der Waals surface area contributed by atoms with Gasteiger partial charge in [-0.05, 0) is 37.8 Å². The van der Waals surface area contributed by atoms with Gasteiger partial charge in [-0.25, -0.2) is 4.98 Å². The summed E-state index contributed by atoms with van der Waals surface area (Å²) in [5.74, 6) is -0.154. The second kappa shape index (κ2) is 6.63. The van der Waals surface area contributed by atoms with Crippen LogP contribution in [-0.4, -0.2) is 37.9 Å². The first-order valence-corrected chi connectivity index (χ1v) is 8.84. The second-order valence-electron chi connectivity index (χ2n) is 7.24. The molecule has 0 aliphatic heterocycles. The maximum Gasteiger partial charge on any atom is 0.273 e. The molecular weight excluding hydrogens is 320 g/mol. The van der Waals surface area contributed by atoms with Gasteiger partial charge in [0.2, 0.25) is 5.91 Å². The van der Waals surface area contributed by atoms with Crippen LogP contribution in [0.5, 0.6) is 0 Å². The monoisotopic (exact) mass is 346 g/mol. The predicted molar refractivity (Wildman–Crippen MR) is 95.6 cm³/mol. The molecule has 2 aromatic heterocycles. The van der Waals surface area contributed by atoms with Crippen molar-refractivity contribution in [3.8, 4) is 0 Å². The van der Waals surface area contributed by atoms with Gasteiger partial charge in [-0.1, -0.05) is 19.3 Å². The van der Waals surface area contributed by atoms with Crippen molar-refractivity contribution < 1.29 is 9.90 Å². The van der Waals surface area contributed by atoms with E-state index in [0.29, 0.717) is 11.0 Å². The van der Waals surface area contributed by atoms with Crippen molar-refractivity contribution in [2.45, 2.75) is 58.0 Å². The van der Waals surface area contributed by atoms with E-state index in [9.17, 15) is 14.7 Å². The Morgan fingerprint density at radius 2 is 2.00 bits per heavy atom. The first-order valence-electron chi connectivity index (χ1n) is 8.84. The number of H-pyrrole nitrogens is 1. The van der Waals surface area contributed by atoms with Crippen LogP contribution in [0.1, 0.15) is 48.9 Å². The van der Waals surface area contributed by atoms with Gasteiger partial charge in [-0.2, -0.15) is 0 Å². The van der Waals surface area contributed by atoms with Gasteiger partial charge in [0.25, 0.3) is 5.56 Å². The Hall–Kier alpha value is -2.15. The quantitative estimate of drug-likeness (QED) is 0.775. The van der Waals surface area contributed by atoms with Crippen LogP contribution in [0.4, 0.5) is 0 Å². The third-order valence-corrected chi connectivity index (χ3v) is 5.31. The van der Waals surface area contributed by atoms with Gasteiger partial charge in [0.15, 0.2) is 5.65 Å². The van der Waals surface area contributed by atoms with E-state index in [4.69, 9.17) is 0 Å². The third-order valence-electron chi connectivity index (χ3n) is 5.31. The molecule has 0 atom stereocenters. The Bertz CT molecular complexity index is 859. The van der Waals surface area contributed by atoms with Crippen molar-refractivity contribution in [1.29, 1.82) is 0 Å². The van der Waals surface area contributed by atoms with Crippen molar-refractivity contribution in [2.75, 3.05) is 6.54 Å². The maximum atomic E-state index is 12.4. The fourth-order valence-electron chi connectivity index (χ4n) is 3.78. The Balaban J connectivity index is 1.77. The number of aliphatic hydroxyl groups is 1. The normalized spacial score (nSPS) is 17.0. The second-order valence-corrected chi connectivity index (χ2v) is 7.24. The fourth-order valence-corrected chi connectivity index (χ4v) is 3.78. The molecule has 2 heterocycles. The van der Waals surface area contributed by atoms with Crippen LogP contribution in [0.3, 0.4) is 0 Å². The molecule has 3 rings (SSSR count). The Morgan fingerprint density at radius 3 is 2.68 bits per heavy atom. The molecule has 1 aliphatic rings. The van der Waals surface area contributed by atoms with Crippen LogP contribution >= 0.6 is 0 Å². The summed E-state index contributed by atoms with van der Waals surface area (Å²) in [7, 11) is 1.74. The summed E-state index contributed by atoms with van der Waals surface area (Å²) in [5, 5.41) is 16.6. The highest BCUT2D eigenvalue weighted by atomic mass is 16.3. The van der Waals surface area contributed by atoms with E-state index in [2.05, 4.69) is 15.4 Å². The molecule has 3 N–H and O–H groups in total. The van der Waals surface area contributed by atoms with Gasteiger partial charge in [-0.3, -0.25) is 19.4 Å². The molecule has 7 heteroatoms. The van der Waals surface area contributed by atoms with Crippen LogP contribution in [0.2, 0.25) is 0 Å². The number of hydrogen-bond donors (Lipinski definition) is 3. The van der Waals surface area contributed by atoms with E-state index < -0.39 is 5.60 Å². The number of rotatable bonds is 4. The highest BCUT2D eigenvalue weighted by Gasteiger charge is 2.29. The maximum absolute atomic E-state index is 12.4. The molecule has 0 unspecified atom stereocenters. The fraction of sp³-hybridized carbons (Fsp3) is 0.611. The number of aromatic amines is 1. The van der Waals surface area contributed by atoms with E-state index >= 15 is 0 Å². The van der Waals surface area contributed by atoms with Crippen molar-refractivity contribution in [1.82, 2.24) is 20.1 Å². The summed E-state index contributed by atoms with van der Waals surface area (Å²) in [6.07, 6.45) is 4.78. The van der Waals surface area contributed by atoms with Crippen molar-refractivity contribution in [3.63, 3.8) is 0 Å². The molecule has 0 bridgehead atoms. The minimum atomic E-state index is -0.781. The molecule has 136 valence electrons. The van der Waals surface area contributed by atoms with E-state index in [1.807, 2.05) is 13.8 Å². The number of nitrogens with zero attached hydrogens (tertiary/aromatic N) is 2. The number of nitrogens with one attached hydrogen (secondary N) is 2. The molecule has 25 heavy (non-hydrogen) atoms. The number of carbonyl (C=O) groups is 1. The molecule has 0 saturated heterocycles. The Kier molecular flexibility index (Phi) is 4.69. The molecule has 2 aromatic rings. The Labute approximate surface area is 146 Å². The highest BCUT2D eigenvalue weighted by molar-refractivity contribution is 5.84. The lowest BCUT2D eigenvalue weighted by Gasteiger charge is -2.32. The third kappa shape index (κ3) is 3.46. The lowest BCUT2D eigenvalue weighted by molar-refractivity contribution is -0.122. The first-order chi connectivity index (χ1) is 11.8. The summed E-state index contributed by atoms with van der Waals surface area (Å²) < 4.78 is 1.60. The summed E-state index contributed by atoms with van der Waals surface area (Å²) >= 11 is 0. The van der Waals surface area contributed by atoms with E-state index in [-0.39, 0.29) is 24.4 Å². The zero-order valence-corrected chi connectivity index (χ0v) is 15.1. The minimum absolute atomic E-state index is 0.154. The standard InChI is InChI=1S/C18H26N4O3/c1-11-13(12(2)20-16-15(11)17(24)21-22(16)3)9-14(23)19-10-18(25)7-5-4-6-8-18/h25H,4-10H2,1-3H3,(H,19,23)(H,21,24). The van der Waals surface area contributed by atoms with Crippen LogP contribution in [0, 0.1) is 13.8 Å². The zero-order valence-electron chi connectivity index (χ0n) is 15.1. The van der Waals surface area contributed by atoms with Gasteiger partial charge in [0.1, 0.15) is 0 Å². The lowest BCUT2D eigenvalue weighted by Crippen LogP contribution is -2.44. The number of carbonyl (C=O) groups excluding carboxylic acids is 1.